The molecule has 0 aliphatic carbocycles. The molecular weight excluding hydrogens is 344 g/mol. The quantitative estimate of drug-likeness (QED) is 0.851. The molecule has 0 atom stereocenters. The smallest absolute Gasteiger partial charge is 0.412 e. The van der Waals surface area contributed by atoms with Gasteiger partial charge in [-0.15, -0.1) is 11.3 Å². The van der Waals surface area contributed by atoms with E-state index in [2.05, 4.69) is 5.32 Å². The van der Waals surface area contributed by atoms with Crippen molar-refractivity contribution in [1.29, 1.82) is 0 Å². The minimum atomic E-state index is -1.22. The number of amides is 2. The Bertz CT molecular complexity index is 799. The number of thiophene rings is 1. The number of rotatable bonds is 5. The van der Waals surface area contributed by atoms with Gasteiger partial charge in [0.15, 0.2) is 0 Å². The Hall–Kier alpha value is -2.87. The maximum absolute atomic E-state index is 12.1. The van der Waals surface area contributed by atoms with Crippen molar-refractivity contribution >= 4 is 34.3 Å². The van der Waals surface area contributed by atoms with E-state index >= 15 is 0 Å². The van der Waals surface area contributed by atoms with E-state index in [9.17, 15) is 19.5 Å². The van der Waals surface area contributed by atoms with Gasteiger partial charge >= 0.3 is 12.1 Å². The Balaban J connectivity index is 2.17. The van der Waals surface area contributed by atoms with Crippen LogP contribution in [0.2, 0.25) is 0 Å². The van der Waals surface area contributed by atoms with Crippen molar-refractivity contribution < 1.29 is 24.2 Å². The van der Waals surface area contributed by atoms with Crippen molar-refractivity contribution in [2.45, 2.75) is 13.5 Å². The third kappa shape index (κ3) is 4.36. The molecule has 2 rings (SSSR count). The van der Waals surface area contributed by atoms with Crippen molar-refractivity contribution in [2.75, 3.05) is 19.4 Å². The van der Waals surface area contributed by atoms with Crippen LogP contribution < -0.4 is 5.32 Å². The second-order valence-electron chi connectivity index (χ2n) is 5.45. The van der Waals surface area contributed by atoms with Gasteiger partial charge in [0.2, 0.25) is 0 Å². The first-order valence-corrected chi connectivity index (χ1v) is 8.19. The van der Waals surface area contributed by atoms with Crippen LogP contribution in [0.5, 0.6) is 0 Å². The number of carbonyl (C=O) groups is 3. The number of nitrogens with zero attached hydrogens (tertiary/aromatic N) is 1. The van der Waals surface area contributed by atoms with Crippen LogP contribution in [0.1, 0.15) is 31.2 Å². The molecule has 0 saturated carbocycles. The van der Waals surface area contributed by atoms with Crippen molar-refractivity contribution in [2.24, 2.45) is 0 Å². The minimum absolute atomic E-state index is 0.0585. The van der Waals surface area contributed by atoms with Gasteiger partial charge in [-0.2, -0.15) is 0 Å². The van der Waals surface area contributed by atoms with Gasteiger partial charge in [0.1, 0.15) is 11.6 Å². The molecule has 0 bridgehead atoms. The van der Waals surface area contributed by atoms with Crippen LogP contribution in [0.15, 0.2) is 30.3 Å². The summed E-state index contributed by atoms with van der Waals surface area (Å²) in [4.78, 5) is 37.2. The molecule has 1 aromatic carbocycles. The summed E-state index contributed by atoms with van der Waals surface area (Å²) < 4.78 is 5.09. The Morgan fingerprint density at radius 1 is 1.20 bits per heavy atom. The number of carboxylic acids is 1. The molecule has 1 aromatic heterocycles. The molecule has 132 valence electrons. The van der Waals surface area contributed by atoms with Gasteiger partial charge in [-0.3, -0.25) is 10.1 Å². The van der Waals surface area contributed by atoms with Gasteiger partial charge in [0.05, 0.1) is 10.4 Å². The third-order valence-corrected chi connectivity index (χ3v) is 4.58. The predicted octanol–water partition coefficient (Wildman–Crippen LogP) is 3.21. The first kappa shape index (κ1) is 18.5. The number of carboxylic acid groups (broad SMARTS) is 1. The Labute approximate surface area is 148 Å². The predicted molar refractivity (Wildman–Crippen MR) is 94.3 cm³/mol. The van der Waals surface area contributed by atoms with E-state index in [1.807, 2.05) is 18.2 Å². The van der Waals surface area contributed by atoms with E-state index in [1.54, 1.807) is 26.2 Å². The number of aromatic carboxylic acids is 1. The average molecular weight is 362 g/mol. The fourth-order valence-electron chi connectivity index (χ4n) is 2.12. The Kier molecular flexibility index (Phi) is 5.76. The fourth-order valence-corrected chi connectivity index (χ4v) is 3.32. The van der Waals surface area contributed by atoms with Crippen molar-refractivity contribution in [3.05, 3.63) is 51.9 Å². The van der Waals surface area contributed by atoms with Crippen LogP contribution in [-0.4, -0.2) is 42.1 Å². The number of carbonyl (C=O) groups excluding carboxylic acids is 2. The number of benzene rings is 1. The molecule has 2 aromatic rings. The van der Waals surface area contributed by atoms with Gasteiger partial charge in [-0.25, -0.2) is 9.59 Å². The summed E-state index contributed by atoms with van der Waals surface area (Å²) in [6.45, 7) is 1.60. The summed E-state index contributed by atoms with van der Waals surface area (Å²) >= 11 is 0.917. The molecule has 0 fully saturated rings. The first-order chi connectivity index (χ1) is 11.8. The normalized spacial score (nSPS) is 10.2. The Morgan fingerprint density at radius 2 is 1.84 bits per heavy atom. The van der Waals surface area contributed by atoms with Gasteiger partial charge in [-0.05, 0) is 18.1 Å². The number of hydrogen-bond acceptors (Lipinski definition) is 5. The molecule has 7 nitrogen and oxygen atoms in total. The molecule has 2 N–H and O–H groups in total. The molecule has 0 unspecified atom stereocenters. The average Bonchev–Trinajstić information content (AvgIpc) is 2.89. The van der Waals surface area contributed by atoms with E-state index in [1.165, 1.54) is 11.8 Å². The topological polar surface area (TPSA) is 95.9 Å². The zero-order valence-electron chi connectivity index (χ0n) is 14.0. The van der Waals surface area contributed by atoms with E-state index in [-0.39, 0.29) is 28.0 Å². The zero-order chi connectivity index (χ0) is 18.6. The van der Waals surface area contributed by atoms with Gasteiger partial charge in [-0.1, -0.05) is 30.3 Å². The molecule has 0 aliphatic rings. The maximum atomic E-state index is 12.1. The van der Waals surface area contributed by atoms with Gasteiger partial charge < -0.3 is 14.7 Å². The third-order valence-electron chi connectivity index (χ3n) is 3.39. The highest BCUT2D eigenvalue weighted by Gasteiger charge is 2.26. The molecular formula is C17H18N2O5S. The summed E-state index contributed by atoms with van der Waals surface area (Å²) in [6.07, 6.45) is -0.781. The lowest BCUT2D eigenvalue weighted by Gasteiger charge is -2.08. The highest BCUT2D eigenvalue weighted by atomic mass is 32.1. The Morgan fingerprint density at radius 3 is 2.40 bits per heavy atom. The lowest BCUT2D eigenvalue weighted by atomic mass is 10.1. The van der Waals surface area contributed by atoms with Crippen LogP contribution in [0, 0.1) is 6.92 Å². The molecule has 25 heavy (non-hydrogen) atoms. The van der Waals surface area contributed by atoms with Crippen LogP contribution in [0.3, 0.4) is 0 Å². The molecule has 2 amide bonds. The highest BCUT2D eigenvalue weighted by molar-refractivity contribution is 7.18. The van der Waals surface area contributed by atoms with Gasteiger partial charge in [0, 0.05) is 14.1 Å². The standard InChI is InChI=1S/C17H18N2O5S/c1-10-12(16(21)22)14(25-13(10)15(20)19(2)3)18-17(23)24-9-11-7-5-4-6-8-11/h4-8H,9H2,1-3H3,(H,18,23)(H,21,22). The maximum Gasteiger partial charge on any atom is 0.412 e. The number of hydrogen-bond donors (Lipinski definition) is 2. The van der Waals surface area contributed by atoms with Gasteiger partial charge in [0.25, 0.3) is 5.91 Å². The van der Waals surface area contributed by atoms with E-state index < -0.39 is 12.1 Å². The van der Waals surface area contributed by atoms with Crippen molar-refractivity contribution in [1.82, 2.24) is 4.90 Å². The second kappa shape index (κ2) is 7.80. The number of anilines is 1. The number of ether oxygens (including phenoxy) is 1. The van der Waals surface area contributed by atoms with Crippen molar-refractivity contribution in [3.8, 4) is 0 Å². The highest BCUT2D eigenvalue weighted by Crippen LogP contribution is 2.33. The summed E-state index contributed by atoms with van der Waals surface area (Å²) in [6, 6.07) is 9.10. The molecule has 0 radical (unpaired) electrons. The van der Waals surface area contributed by atoms with Crippen LogP contribution in [0.4, 0.5) is 9.80 Å². The van der Waals surface area contributed by atoms with E-state index in [0.29, 0.717) is 5.56 Å². The minimum Gasteiger partial charge on any atom is -0.478 e. The molecule has 0 aliphatic heterocycles. The second-order valence-corrected chi connectivity index (χ2v) is 6.47. The summed E-state index contributed by atoms with van der Waals surface area (Å²) in [5.41, 5.74) is 1.02. The monoisotopic (exact) mass is 362 g/mol. The molecule has 0 spiro atoms. The van der Waals surface area contributed by atoms with Crippen LogP contribution in [0.25, 0.3) is 0 Å². The lowest BCUT2D eigenvalue weighted by Crippen LogP contribution is -2.21. The van der Waals surface area contributed by atoms with E-state index in [0.717, 1.165) is 16.9 Å². The lowest BCUT2D eigenvalue weighted by molar-refractivity contribution is 0.0697. The van der Waals surface area contributed by atoms with Crippen LogP contribution >= 0.6 is 11.3 Å². The fraction of sp³-hybridized carbons (Fsp3) is 0.235. The molecule has 0 saturated heterocycles. The first-order valence-electron chi connectivity index (χ1n) is 7.37. The van der Waals surface area contributed by atoms with E-state index in [4.69, 9.17) is 4.74 Å². The zero-order valence-corrected chi connectivity index (χ0v) is 14.8. The van der Waals surface area contributed by atoms with Crippen LogP contribution in [-0.2, 0) is 11.3 Å². The number of nitrogens with one attached hydrogen (secondary N) is 1. The summed E-state index contributed by atoms with van der Waals surface area (Å²) in [5.74, 6) is -1.54. The summed E-state index contributed by atoms with van der Waals surface area (Å²) in [5, 5.41) is 11.9. The van der Waals surface area contributed by atoms with Crippen molar-refractivity contribution in [3.63, 3.8) is 0 Å². The largest absolute Gasteiger partial charge is 0.478 e. The summed E-state index contributed by atoms with van der Waals surface area (Å²) in [7, 11) is 3.15. The molecule has 8 heteroatoms. The molecule has 1 heterocycles. The SMILES string of the molecule is Cc1c(C(=O)N(C)C)sc(NC(=O)OCc2ccccc2)c1C(=O)O.